The standard InChI is InChI=1S/C12H16N5O6PS/c1-2-12(19)8(18)7(4-22-24(20,21)25)23-9(12)6-3-14-11-10(13)15-5-16-17(6)11/h2-3,5,7-9,18-19H,1,4H2,(H2,13,15,16)(H2,20,21,25)/t7-,8-,9?,12-/m1/s1. The molecule has 2 aromatic heterocycles. The summed E-state index contributed by atoms with van der Waals surface area (Å²) in [6, 6.07) is 0. The Labute approximate surface area is 146 Å². The van der Waals surface area contributed by atoms with Crippen LogP contribution in [0.2, 0.25) is 0 Å². The highest BCUT2D eigenvalue weighted by atomic mass is 32.5. The Morgan fingerprint density at radius 3 is 2.88 bits per heavy atom. The summed E-state index contributed by atoms with van der Waals surface area (Å²) in [6.45, 7) is -0.843. The Bertz CT molecular complexity index is 858. The molecule has 1 aliphatic rings. The van der Waals surface area contributed by atoms with E-state index in [0.717, 1.165) is 6.08 Å². The Morgan fingerprint density at radius 1 is 1.52 bits per heavy atom. The lowest BCUT2D eigenvalue weighted by atomic mass is 9.89. The van der Waals surface area contributed by atoms with Gasteiger partial charge in [0.05, 0.1) is 18.5 Å². The van der Waals surface area contributed by atoms with Gasteiger partial charge >= 0.3 is 6.72 Å². The van der Waals surface area contributed by atoms with Gasteiger partial charge in [0.15, 0.2) is 11.5 Å². The summed E-state index contributed by atoms with van der Waals surface area (Å²) in [5.74, 6) is 0.128. The van der Waals surface area contributed by atoms with Crippen LogP contribution in [0.3, 0.4) is 0 Å². The molecule has 3 rings (SSSR count). The second kappa shape index (κ2) is 6.34. The molecule has 1 aliphatic heterocycles. The van der Waals surface area contributed by atoms with Crippen molar-refractivity contribution in [3.8, 4) is 0 Å². The number of hydrogen-bond acceptors (Lipinski definition) is 9. The molecule has 0 radical (unpaired) electrons. The van der Waals surface area contributed by atoms with Crippen molar-refractivity contribution >= 4 is 30.0 Å². The van der Waals surface area contributed by atoms with Crippen molar-refractivity contribution in [3.63, 3.8) is 0 Å². The van der Waals surface area contributed by atoms with Crippen molar-refractivity contribution in [3.05, 3.63) is 30.9 Å². The third-order valence-electron chi connectivity index (χ3n) is 3.92. The van der Waals surface area contributed by atoms with Gasteiger partial charge in [0, 0.05) is 0 Å². The number of aliphatic hydroxyl groups is 2. The highest BCUT2D eigenvalue weighted by Gasteiger charge is 2.55. The number of aliphatic hydroxyl groups excluding tert-OH is 1. The quantitative estimate of drug-likeness (QED) is 0.303. The summed E-state index contributed by atoms with van der Waals surface area (Å²) >= 11 is 4.37. The van der Waals surface area contributed by atoms with Gasteiger partial charge in [0.25, 0.3) is 0 Å². The maximum Gasteiger partial charge on any atom is 0.321 e. The van der Waals surface area contributed by atoms with Crippen LogP contribution in [0.1, 0.15) is 11.8 Å². The molecule has 1 fully saturated rings. The monoisotopic (exact) mass is 389 g/mol. The highest BCUT2D eigenvalue weighted by Crippen LogP contribution is 2.44. The van der Waals surface area contributed by atoms with Crippen molar-refractivity contribution in [1.82, 2.24) is 19.6 Å². The number of imidazole rings is 1. The zero-order valence-corrected chi connectivity index (χ0v) is 14.4. The van der Waals surface area contributed by atoms with Gasteiger partial charge in [0.2, 0.25) is 0 Å². The van der Waals surface area contributed by atoms with Gasteiger partial charge in [0.1, 0.15) is 30.2 Å². The smallest absolute Gasteiger partial charge is 0.321 e. The van der Waals surface area contributed by atoms with E-state index in [2.05, 4.69) is 33.5 Å². The number of nitrogens with two attached hydrogens (primary N) is 1. The van der Waals surface area contributed by atoms with Crippen LogP contribution in [0.5, 0.6) is 0 Å². The maximum absolute atomic E-state index is 10.8. The molecule has 11 nitrogen and oxygen atoms in total. The molecule has 0 spiro atoms. The Hall–Kier alpha value is -1.50. The molecule has 0 amide bonds. The van der Waals surface area contributed by atoms with Gasteiger partial charge < -0.3 is 35.0 Å². The van der Waals surface area contributed by atoms with Crippen LogP contribution < -0.4 is 5.73 Å². The number of aromatic nitrogens is 4. The van der Waals surface area contributed by atoms with Gasteiger partial charge in [-0.1, -0.05) is 6.08 Å². The molecule has 0 aliphatic carbocycles. The summed E-state index contributed by atoms with van der Waals surface area (Å²) < 4.78 is 11.7. The molecule has 1 saturated heterocycles. The molecule has 2 aromatic rings. The van der Waals surface area contributed by atoms with Crippen molar-refractivity contribution in [1.29, 1.82) is 0 Å². The minimum Gasteiger partial charge on any atom is -0.387 e. The molecule has 136 valence electrons. The minimum atomic E-state index is -3.94. The summed E-state index contributed by atoms with van der Waals surface area (Å²) in [5.41, 5.74) is 4.37. The minimum absolute atomic E-state index is 0.128. The number of hydrogen-bond donors (Lipinski definition) is 5. The molecule has 1 unspecified atom stereocenters. The van der Waals surface area contributed by atoms with Crippen LogP contribution in [0.4, 0.5) is 5.82 Å². The number of fused-ring (bicyclic) bond motifs is 1. The van der Waals surface area contributed by atoms with Gasteiger partial charge in [-0.15, -0.1) is 6.58 Å². The second-order valence-electron chi connectivity index (χ2n) is 5.44. The predicted molar refractivity (Wildman–Crippen MR) is 88.6 cm³/mol. The molecule has 4 atom stereocenters. The largest absolute Gasteiger partial charge is 0.387 e. The van der Waals surface area contributed by atoms with Crippen LogP contribution in [-0.4, -0.2) is 64.0 Å². The molecule has 0 aromatic carbocycles. The summed E-state index contributed by atoms with van der Waals surface area (Å²) in [5, 5.41) is 25.2. The first-order chi connectivity index (χ1) is 11.7. The molecule has 25 heavy (non-hydrogen) atoms. The lowest BCUT2D eigenvalue weighted by Crippen LogP contribution is -2.44. The van der Waals surface area contributed by atoms with E-state index in [0.29, 0.717) is 5.69 Å². The highest BCUT2D eigenvalue weighted by molar-refractivity contribution is 8.06. The number of ether oxygens (including phenoxy) is 1. The molecule has 3 heterocycles. The first kappa shape index (κ1) is 18.3. The number of nitrogens with zero attached hydrogens (tertiary/aromatic N) is 4. The Kier molecular flexibility index (Phi) is 4.64. The first-order valence-corrected chi connectivity index (χ1v) is 9.63. The van der Waals surface area contributed by atoms with Crippen LogP contribution in [0.25, 0.3) is 5.65 Å². The lowest BCUT2D eigenvalue weighted by molar-refractivity contribution is -0.0433. The van der Waals surface area contributed by atoms with Crippen molar-refractivity contribution in [2.75, 3.05) is 12.3 Å². The van der Waals surface area contributed by atoms with E-state index in [-0.39, 0.29) is 11.5 Å². The molecule has 0 saturated carbocycles. The van der Waals surface area contributed by atoms with Crippen LogP contribution in [0.15, 0.2) is 25.2 Å². The predicted octanol–water partition coefficient (Wildman–Crippen LogP) is -1.35. The van der Waals surface area contributed by atoms with Crippen molar-refractivity contribution in [2.45, 2.75) is 23.9 Å². The van der Waals surface area contributed by atoms with Gasteiger partial charge in [-0.3, -0.25) is 0 Å². The second-order valence-corrected chi connectivity index (χ2v) is 8.11. The van der Waals surface area contributed by atoms with E-state index in [1.807, 2.05) is 0 Å². The van der Waals surface area contributed by atoms with Gasteiger partial charge in [-0.2, -0.15) is 5.10 Å². The van der Waals surface area contributed by atoms with E-state index in [1.54, 1.807) is 0 Å². The van der Waals surface area contributed by atoms with Gasteiger partial charge in [-0.25, -0.2) is 14.5 Å². The number of nitrogen functional groups attached to an aromatic ring is 1. The van der Waals surface area contributed by atoms with Crippen LogP contribution >= 0.6 is 6.72 Å². The fourth-order valence-electron chi connectivity index (χ4n) is 2.68. The summed E-state index contributed by atoms with van der Waals surface area (Å²) in [7, 11) is 0. The van der Waals surface area contributed by atoms with E-state index >= 15 is 0 Å². The summed E-state index contributed by atoms with van der Waals surface area (Å²) in [4.78, 5) is 26.2. The molecular formula is C12H16N5O6PS. The number of anilines is 1. The van der Waals surface area contributed by atoms with Crippen molar-refractivity contribution in [2.24, 2.45) is 0 Å². The van der Waals surface area contributed by atoms with Gasteiger partial charge in [-0.05, 0) is 11.8 Å². The van der Waals surface area contributed by atoms with E-state index < -0.39 is 37.2 Å². The summed E-state index contributed by atoms with van der Waals surface area (Å²) in [6.07, 6.45) is 0.0202. The molecule has 6 N–H and O–H groups in total. The fourth-order valence-corrected chi connectivity index (χ4v) is 3.20. The number of rotatable bonds is 5. The fraction of sp³-hybridized carbons (Fsp3) is 0.417. The zero-order chi connectivity index (χ0) is 18.4. The Morgan fingerprint density at radius 2 is 2.24 bits per heavy atom. The van der Waals surface area contributed by atoms with Crippen LogP contribution in [-0.2, 0) is 21.1 Å². The lowest BCUT2D eigenvalue weighted by Gasteiger charge is -2.27. The maximum atomic E-state index is 10.8. The third-order valence-corrected chi connectivity index (χ3v) is 4.72. The molecule has 13 heteroatoms. The Balaban J connectivity index is 1.98. The molecular weight excluding hydrogens is 373 g/mol. The average molecular weight is 389 g/mol. The van der Waals surface area contributed by atoms with Crippen molar-refractivity contribution < 1.29 is 29.3 Å². The molecule has 0 bridgehead atoms. The van der Waals surface area contributed by atoms with Crippen LogP contribution in [0, 0.1) is 0 Å². The van der Waals surface area contributed by atoms with E-state index in [9.17, 15) is 10.2 Å². The van der Waals surface area contributed by atoms with E-state index in [1.165, 1.54) is 17.0 Å². The normalized spacial score (nSPS) is 30.0. The SMILES string of the molecule is C=C[C@]1(O)C(c2cnc3c(N)ncnn23)O[C@H](COP(O)(O)=S)[C@H]1O. The topological polar surface area (TPSA) is 168 Å². The zero-order valence-electron chi connectivity index (χ0n) is 12.7. The average Bonchev–Trinajstić information content (AvgIpc) is 3.07. The third kappa shape index (κ3) is 3.18. The van der Waals surface area contributed by atoms with E-state index in [4.69, 9.17) is 24.8 Å². The first-order valence-electron chi connectivity index (χ1n) is 7.01.